The topological polar surface area (TPSA) is 40.2 Å². The third kappa shape index (κ3) is 3.80. The lowest BCUT2D eigenvalue weighted by Crippen LogP contribution is -2.10. The van der Waals surface area contributed by atoms with Crippen LogP contribution in [0.25, 0.3) is 23.2 Å². The first-order valence-corrected chi connectivity index (χ1v) is 9.07. The van der Waals surface area contributed by atoms with E-state index in [4.69, 9.17) is 14.1 Å². The molecule has 0 saturated carbocycles. The second-order valence-electron chi connectivity index (χ2n) is 6.58. The minimum atomic E-state index is 0.576. The molecule has 4 heteroatoms. The number of hydrogen-bond donors (Lipinski definition) is 0. The van der Waals surface area contributed by atoms with Crippen molar-refractivity contribution in [1.29, 1.82) is 0 Å². The largest absolute Gasteiger partial charge is 0.491 e. The third-order valence-corrected chi connectivity index (χ3v) is 4.54. The van der Waals surface area contributed by atoms with Crippen molar-refractivity contribution in [3.05, 3.63) is 83.6 Å². The van der Waals surface area contributed by atoms with Crippen LogP contribution in [0.3, 0.4) is 0 Å². The third-order valence-electron chi connectivity index (χ3n) is 4.54. The number of nitrogens with zero attached hydrogens (tertiary/aromatic N) is 2. The zero-order chi connectivity index (χ0) is 18.6. The molecule has 27 heavy (non-hydrogen) atoms. The van der Waals surface area contributed by atoms with Crippen LogP contribution in [0.15, 0.2) is 65.3 Å². The van der Waals surface area contributed by atoms with Crippen molar-refractivity contribution < 1.29 is 9.15 Å². The molecule has 2 aromatic heterocycles. The Bertz CT molecular complexity index is 1080. The number of rotatable bonds is 6. The average Bonchev–Trinajstić information content (AvgIpc) is 3.31. The van der Waals surface area contributed by atoms with E-state index < -0.39 is 0 Å². The summed E-state index contributed by atoms with van der Waals surface area (Å²) in [5.74, 6) is 2.63. The van der Waals surface area contributed by atoms with E-state index in [2.05, 4.69) is 42.7 Å². The van der Waals surface area contributed by atoms with E-state index in [1.807, 2.05) is 42.5 Å². The first-order chi connectivity index (χ1) is 13.2. The van der Waals surface area contributed by atoms with E-state index in [0.717, 1.165) is 33.9 Å². The fourth-order valence-corrected chi connectivity index (χ4v) is 3.11. The van der Waals surface area contributed by atoms with Crippen molar-refractivity contribution in [3.63, 3.8) is 0 Å². The van der Waals surface area contributed by atoms with Crippen LogP contribution < -0.4 is 4.74 Å². The molecule has 0 aliphatic heterocycles. The lowest BCUT2D eigenvalue weighted by molar-refractivity contribution is 0.297. The summed E-state index contributed by atoms with van der Waals surface area (Å²) in [6.07, 6.45) is 5.58. The number of aryl methyl sites for hydroxylation is 2. The maximum atomic E-state index is 6.05. The maximum Gasteiger partial charge on any atom is 0.134 e. The number of furan rings is 1. The normalized spacial score (nSPS) is 11.5. The van der Waals surface area contributed by atoms with Crippen LogP contribution in [0.4, 0.5) is 0 Å². The summed E-state index contributed by atoms with van der Waals surface area (Å²) in [5, 5.41) is 0. The highest BCUT2D eigenvalue weighted by Gasteiger charge is 2.09. The highest BCUT2D eigenvalue weighted by Crippen LogP contribution is 2.21. The molecule has 4 aromatic rings. The van der Waals surface area contributed by atoms with Crippen LogP contribution in [-0.2, 0) is 6.54 Å². The highest BCUT2D eigenvalue weighted by molar-refractivity contribution is 5.79. The molecule has 0 aliphatic carbocycles. The summed E-state index contributed by atoms with van der Waals surface area (Å²) in [5.41, 5.74) is 4.42. The number of ether oxygens (including phenoxy) is 1. The van der Waals surface area contributed by atoms with Crippen LogP contribution in [0, 0.1) is 13.8 Å². The molecule has 0 N–H and O–H groups in total. The van der Waals surface area contributed by atoms with Crippen molar-refractivity contribution in [1.82, 2.24) is 9.55 Å². The van der Waals surface area contributed by atoms with Gasteiger partial charge >= 0.3 is 0 Å². The van der Waals surface area contributed by atoms with Gasteiger partial charge in [0, 0.05) is 0 Å². The fourth-order valence-electron chi connectivity index (χ4n) is 3.11. The number of benzene rings is 2. The van der Waals surface area contributed by atoms with Gasteiger partial charge in [-0.05, 0) is 67.5 Å². The van der Waals surface area contributed by atoms with Crippen LogP contribution in [0.5, 0.6) is 5.75 Å². The molecular formula is C23H22N2O2. The lowest BCUT2D eigenvalue weighted by atomic mass is 10.1. The number of imidazole rings is 1. The molecule has 0 fully saturated rings. The Kier molecular flexibility index (Phi) is 4.79. The van der Waals surface area contributed by atoms with Crippen LogP contribution in [0.1, 0.15) is 22.7 Å². The van der Waals surface area contributed by atoms with E-state index in [1.165, 1.54) is 5.56 Å². The molecule has 136 valence electrons. The van der Waals surface area contributed by atoms with Gasteiger partial charge in [0.15, 0.2) is 0 Å². The monoisotopic (exact) mass is 358 g/mol. The lowest BCUT2D eigenvalue weighted by Gasteiger charge is -2.12. The Hall–Kier alpha value is -3.27. The molecule has 0 unspecified atom stereocenters. The summed E-state index contributed by atoms with van der Waals surface area (Å²) in [4.78, 5) is 4.75. The van der Waals surface area contributed by atoms with Gasteiger partial charge in [-0.3, -0.25) is 0 Å². The summed E-state index contributed by atoms with van der Waals surface area (Å²) in [6.45, 7) is 5.43. The molecule has 0 spiro atoms. The molecule has 4 nitrogen and oxygen atoms in total. The molecule has 0 aliphatic rings. The molecule has 0 saturated heterocycles. The van der Waals surface area contributed by atoms with E-state index >= 15 is 0 Å². The highest BCUT2D eigenvalue weighted by atomic mass is 16.5. The first-order valence-electron chi connectivity index (χ1n) is 9.07. The van der Waals surface area contributed by atoms with Gasteiger partial charge in [-0.2, -0.15) is 0 Å². The van der Waals surface area contributed by atoms with Crippen molar-refractivity contribution in [2.24, 2.45) is 0 Å². The van der Waals surface area contributed by atoms with Crippen LogP contribution in [0.2, 0.25) is 0 Å². The SMILES string of the molecule is Cc1ccc(C)c(OCCn2c(/C=C/c3ccco3)nc3ccccc32)c1. The zero-order valence-corrected chi connectivity index (χ0v) is 15.6. The van der Waals surface area contributed by atoms with Gasteiger partial charge in [-0.25, -0.2) is 4.98 Å². The van der Waals surface area contributed by atoms with Crippen LogP contribution >= 0.6 is 0 Å². The predicted molar refractivity (Wildman–Crippen MR) is 109 cm³/mol. The van der Waals surface area contributed by atoms with E-state index in [1.54, 1.807) is 6.26 Å². The minimum Gasteiger partial charge on any atom is -0.491 e. The predicted octanol–water partition coefficient (Wildman–Crippen LogP) is 5.50. The Morgan fingerprint density at radius 3 is 2.78 bits per heavy atom. The smallest absolute Gasteiger partial charge is 0.134 e. The van der Waals surface area contributed by atoms with Crippen LogP contribution in [-0.4, -0.2) is 16.2 Å². The second kappa shape index (κ2) is 7.54. The number of para-hydroxylation sites is 2. The molecule has 2 aromatic carbocycles. The van der Waals surface area contributed by atoms with E-state index in [0.29, 0.717) is 13.2 Å². The molecule has 0 amide bonds. The summed E-state index contributed by atoms with van der Waals surface area (Å²) in [7, 11) is 0. The quantitative estimate of drug-likeness (QED) is 0.457. The van der Waals surface area contributed by atoms with Gasteiger partial charge in [-0.1, -0.05) is 24.3 Å². The summed E-state index contributed by atoms with van der Waals surface area (Å²) in [6, 6.07) is 18.2. The molecule has 0 radical (unpaired) electrons. The first kappa shape index (κ1) is 17.2. The molecule has 0 bridgehead atoms. The standard InChI is InChI=1S/C23H22N2O2/c1-17-9-10-18(2)22(16-17)27-15-13-25-21-8-4-3-7-20(21)24-23(25)12-11-19-6-5-14-26-19/h3-12,14,16H,13,15H2,1-2H3/b12-11+. The molecule has 2 heterocycles. The Balaban J connectivity index is 1.58. The van der Waals surface area contributed by atoms with Gasteiger partial charge < -0.3 is 13.7 Å². The van der Waals surface area contributed by atoms with Gasteiger partial charge in [0.05, 0.1) is 23.8 Å². The van der Waals surface area contributed by atoms with Gasteiger partial charge in [0.2, 0.25) is 0 Å². The number of fused-ring (bicyclic) bond motifs is 1. The Labute approximate surface area is 158 Å². The van der Waals surface area contributed by atoms with Gasteiger partial charge in [0.1, 0.15) is 23.9 Å². The summed E-state index contributed by atoms with van der Waals surface area (Å²) >= 11 is 0. The Morgan fingerprint density at radius 1 is 1.04 bits per heavy atom. The van der Waals surface area contributed by atoms with E-state index in [9.17, 15) is 0 Å². The minimum absolute atomic E-state index is 0.576. The molecule has 0 atom stereocenters. The summed E-state index contributed by atoms with van der Waals surface area (Å²) < 4.78 is 13.6. The van der Waals surface area contributed by atoms with E-state index in [-0.39, 0.29) is 0 Å². The van der Waals surface area contributed by atoms with Gasteiger partial charge in [0.25, 0.3) is 0 Å². The average molecular weight is 358 g/mol. The second-order valence-corrected chi connectivity index (χ2v) is 6.58. The van der Waals surface area contributed by atoms with Gasteiger partial charge in [-0.15, -0.1) is 0 Å². The maximum absolute atomic E-state index is 6.05. The molecule has 4 rings (SSSR count). The number of hydrogen-bond acceptors (Lipinski definition) is 3. The zero-order valence-electron chi connectivity index (χ0n) is 15.6. The number of aromatic nitrogens is 2. The Morgan fingerprint density at radius 2 is 1.93 bits per heavy atom. The van der Waals surface area contributed by atoms with Crippen molar-refractivity contribution >= 4 is 23.2 Å². The van der Waals surface area contributed by atoms with Crippen molar-refractivity contribution in [2.45, 2.75) is 20.4 Å². The van der Waals surface area contributed by atoms with Crippen molar-refractivity contribution in [3.8, 4) is 5.75 Å². The fraction of sp³-hybridized carbons (Fsp3) is 0.174. The molecular weight excluding hydrogens is 336 g/mol. The van der Waals surface area contributed by atoms with Crippen molar-refractivity contribution in [2.75, 3.05) is 6.61 Å².